The smallest absolute Gasteiger partial charge is 0.493 e. The summed E-state index contributed by atoms with van der Waals surface area (Å²) >= 11 is 0. The van der Waals surface area contributed by atoms with E-state index in [0.29, 0.717) is 13.0 Å². The molecule has 1 aliphatic heterocycles. The first kappa shape index (κ1) is 19.5. The summed E-state index contributed by atoms with van der Waals surface area (Å²) in [5.74, 6) is 0.573. The molecule has 1 fully saturated rings. The zero-order valence-electron chi connectivity index (χ0n) is 15.0. The van der Waals surface area contributed by atoms with Crippen molar-refractivity contribution in [2.45, 2.75) is 19.3 Å². The number of benzene rings is 2. The van der Waals surface area contributed by atoms with Gasteiger partial charge in [-0.25, -0.2) is 0 Å². The summed E-state index contributed by atoms with van der Waals surface area (Å²) in [6, 6.07) is 13.9. The van der Waals surface area contributed by atoms with Gasteiger partial charge in [0.2, 0.25) is 0 Å². The third-order valence-corrected chi connectivity index (χ3v) is 4.36. The minimum absolute atomic E-state index is 0.216. The molecule has 146 valence electrons. The Kier molecular flexibility index (Phi) is 6.58. The van der Waals surface area contributed by atoms with Gasteiger partial charge in [0.25, 0.3) is 0 Å². The molecule has 1 saturated heterocycles. The van der Waals surface area contributed by atoms with Crippen LogP contribution < -0.4 is 14.8 Å². The molecule has 1 N–H and O–H groups in total. The fraction of sp³-hybridized carbons (Fsp3) is 0.400. The van der Waals surface area contributed by atoms with Gasteiger partial charge in [-0.15, -0.1) is 13.2 Å². The Morgan fingerprint density at radius 3 is 2.07 bits per heavy atom. The van der Waals surface area contributed by atoms with E-state index in [1.807, 2.05) is 12.1 Å². The second kappa shape index (κ2) is 9.10. The molecule has 3 rings (SSSR count). The van der Waals surface area contributed by atoms with Crippen molar-refractivity contribution < 1.29 is 22.6 Å². The summed E-state index contributed by atoms with van der Waals surface area (Å²) in [6.45, 7) is 5.58. The predicted molar refractivity (Wildman–Crippen MR) is 96.9 cm³/mol. The maximum Gasteiger partial charge on any atom is 0.573 e. The van der Waals surface area contributed by atoms with E-state index in [4.69, 9.17) is 4.74 Å². The lowest BCUT2D eigenvalue weighted by atomic mass is 10.1. The molecular weight excluding hydrogens is 357 g/mol. The zero-order chi connectivity index (χ0) is 19.1. The van der Waals surface area contributed by atoms with E-state index in [1.165, 1.54) is 17.7 Å². The van der Waals surface area contributed by atoms with Crippen LogP contribution in [0.4, 0.5) is 13.2 Å². The van der Waals surface area contributed by atoms with E-state index in [2.05, 4.69) is 27.1 Å². The standard InChI is InChI=1S/C20H23F3N2O2/c21-20(22,23)27-19-7-1-16(2-8-19)9-14-26-18-5-3-17(4-6-18)15-25-12-10-24-11-13-25/h1-8,24H,9-15H2. The topological polar surface area (TPSA) is 33.7 Å². The largest absolute Gasteiger partial charge is 0.573 e. The second-order valence-corrected chi connectivity index (χ2v) is 6.46. The minimum atomic E-state index is -4.67. The molecule has 0 radical (unpaired) electrons. The quantitative estimate of drug-likeness (QED) is 0.796. The molecule has 2 aromatic carbocycles. The number of ether oxygens (including phenoxy) is 2. The first-order valence-electron chi connectivity index (χ1n) is 8.97. The van der Waals surface area contributed by atoms with Crippen LogP contribution in [0.3, 0.4) is 0 Å². The number of piperazine rings is 1. The summed E-state index contributed by atoms with van der Waals surface area (Å²) in [7, 11) is 0. The van der Waals surface area contributed by atoms with Crippen LogP contribution in [-0.2, 0) is 13.0 Å². The summed E-state index contributed by atoms with van der Waals surface area (Å²) in [5, 5.41) is 3.34. The number of hydrogen-bond acceptors (Lipinski definition) is 4. The van der Waals surface area contributed by atoms with Crippen LogP contribution in [0.2, 0.25) is 0 Å². The van der Waals surface area contributed by atoms with Gasteiger partial charge in [0, 0.05) is 39.1 Å². The maximum absolute atomic E-state index is 12.1. The lowest BCUT2D eigenvalue weighted by molar-refractivity contribution is -0.274. The highest BCUT2D eigenvalue weighted by Crippen LogP contribution is 2.23. The van der Waals surface area contributed by atoms with Gasteiger partial charge >= 0.3 is 6.36 Å². The molecule has 0 aromatic heterocycles. The average molecular weight is 380 g/mol. The Morgan fingerprint density at radius 2 is 1.44 bits per heavy atom. The highest BCUT2D eigenvalue weighted by molar-refractivity contribution is 5.29. The first-order chi connectivity index (χ1) is 13.0. The van der Waals surface area contributed by atoms with E-state index < -0.39 is 6.36 Å². The van der Waals surface area contributed by atoms with E-state index in [0.717, 1.165) is 44.0 Å². The van der Waals surface area contributed by atoms with Gasteiger partial charge in [0.15, 0.2) is 0 Å². The van der Waals surface area contributed by atoms with Crippen LogP contribution in [0.15, 0.2) is 48.5 Å². The van der Waals surface area contributed by atoms with Crippen LogP contribution in [0.25, 0.3) is 0 Å². The maximum atomic E-state index is 12.1. The Hall–Kier alpha value is -2.25. The molecule has 0 amide bonds. The molecule has 0 spiro atoms. The number of nitrogens with one attached hydrogen (secondary N) is 1. The van der Waals surface area contributed by atoms with Crippen LogP contribution in [0.5, 0.6) is 11.5 Å². The van der Waals surface area contributed by atoms with Gasteiger partial charge in [-0.2, -0.15) is 0 Å². The summed E-state index contributed by atoms with van der Waals surface area (Å²) in [4.78, 5) is 2.42. The molecule has 0 aliphatic carbocycles. The Bertz CT molecular complexity index is 697. The van der Waals surface area contributed by atoms with Gasteiger partial charge in [0.1, 0.15) is 11.5 Å². The molecule has 27 heavy (non-hydrogen) atoms. The normalized spacial score (nSPS) is 15.5. The van der Waals surface area contributed by atoms with E-state index in [1.54, 1.807) is 12.1 Å². The first-order valence-corrected chi connectivity index (χ1v) is 8.97. The van der Waals surface area contributed by atoms with Gasteiger partial charge in [-0.1, -0.05) is 24.3 Å². The molecule has 0 unspecified atom stereocenters. The number of nitrogens with zero attached hydrogens (tertiary/aromatic N) is 1. The van der Waals surface area contributed by atoms with Gasteiger partial charge < -0.3 is 14.8 Å². The monoisotopic (exact) mass is 380 g/mol. The molecule has 1 aliphatic rings. The highest BCUT2D eigenvalue weighted by Gasteiger charge is 2.30. The van der Waals surface area contributed by atoms with Crippen LogP contribution >= 0.6 is 0 Å². The van der Waals surface area contributed by atoms with Crippen molar-refractivity contribution >= 4 is 0 Å². The zero-order valence-corrected chi connectivity index (χ0v) is 15.0. The minimum Gasteiger partial charge on any atom is -0.493 e. The van der Waals surface area contributed by atoms with E-state index >= 15 is 0 Å². The van der Waals surface area contributed by atoms with Crippen LogP contribution in [-0.4, -0.2) is 44.0 Å². The number of hydrogen-bond donors (Lipinski definition) is 1. The van der Waals surface area contributed by atoms with Crippen molar-refractivity contribution in [3.05, 3.63) is 59.7 Å². The fourth-order valence-electron chi connectivity index (χ4n) is 2.96. The molecule has 0 atom stereocenters. The molecule has 4 nitrogen and oxygen atoms in total. The lowest BCUT2D eigenvalue weighted by Crippen LogP contribution is -2.42. The summed E-state index contributed by atoms with van der Waals surface area (Å²) in [6.07, 6.45) is -4.06. The van der Waals surface area contributed by atoms with Crippen molar-refractivity contribution in [3.8, 4) is 11.5 Å². The van der Waals surface area contributed by atoms with Crippen LogP contribution in [0.1, 0.15) is 11.1 Å². The van der Waals surface area contributed by atoms with Crippen molar-refractivity contribution in [1.82, 2.24) is 10.2 Å². The number of alkyl halides is 3. The van der Waals surface area contributed by atoms with Crippen molar-refractivity contribution in [1.29, 1.82) is 0 Å². The molecular formula is C20H23F3N2O2. The summed E-state index contributed by atoms with van der Waals surface area (Å²) < 4.78 is 46.0. The van der Waals surface area contributed by atoms with Crippen molar-refractivity contribution in [2.24, 2.45) is 0 Å². The Balaban J connectivity index is 1.42. The summed E-state index contributed by atoms with van der Waals surface area (Å²) in [5.41, 5.74) is 2.14. The van der Waals surface area contributed by atoms with E-state index in [9.17, 15) is 13.2 Å². The molecule has 2 aromatic rings. The third kappa shape index (κ3) is 6.77. The van der Waals surface area contributed by atoms with Crippen LogP contribution in [0, 0.1) is 0 Å². The van der Waals surface area contributed by atoms with Gasteiger partial charge in [-0.05, 0) is 35.4 Å². The average Bonchev–Trinajstić information content (AvgIpc) is 2.64. The van der Waals surface area contributed by atoms with Gasteiger partial charge in [-0.3, -0.25) is 4.90 Å². The van der Waals surface area contributed by atoms with Gasteiger partial charge in [0.05, 0.1) is 6.61 Å². The Labute approximate surface area is 156 Å². The Morgan fingerprint density at radius 1 is 0.852 bits per heavy atom. The third-order valence-electron chi connectivity index (χ3n) is 4.36. The predicted octanol–water partition coefficient (Wildman–Crippen LogP) is 3.61. The number of halogens is 3. The SMILES string of the molecule is FC(F)(F)Oc1ccc(CCOc2ccc(CN3CCNCC3)cc2)cc1. The fourth-order valence-corrected chi connectivity index (χ4v) is 2.96. The molecule has 0 saturated carbocycles. The molecule has 0 bridgehead atoms. The van der Waals surface area contributed by atoms with E-state index in [-0.39, 0.29) is 5.75 Å². The van der Waals surface area contributed by atoms with Crippen molar-refractivity contribution in [2.75, 3.05) is 32.8 Å². The lowest BCUT2D eigenvalue weighted by Gasteiger charge is -2.27. The molecule has 7 heteroatoms. The van der Waals surface area contributed by atoms with Crippen molar-refractivity contribution in [3.63, 3.8) is 0 Å². The highest BCUT2D eigenvalue weighted by atomic mass is 19.4. The number of rotatable bonds is 7. The molecule has 1 heterocycles. The second-order valence-electron chi connectivity index (χ2n) is 6.46.